The molecule has 37 heavy (non-hydrogen) atoms. The number of halogens is 3. The molecule has 1 aliphatic heterocycles. The molecule has 13 heteroatoms. The van der Waals surface area contributed by atoms with Gasteiger partial charge < -0.3 is 4.74 Å². The Bertz CT molecular complexity index is 1500. The van der Waals surface area contributed by atoms with Gasteiger partial charge >= 0.3 is 6.18 Å². The van der Waals surface area contributed by atoms with Crippen LogP contribution < -0.4 is 9.88 Å². The molecule has 0 saturated heterocycles. The van der Waals surface area contributed by atoms with E-state index in [1.54, 1.807) is 62.6 Å². The number of alkyl halides is 3. The van der Waals surface area contributed by atoms with Crippen molar-refractivity contribution in [2.75, 3.05) is 0 Å². The number of ether oxygens (including phenoxy) is 1. The first kappa shape index (κ1) is 26.6. The lowest BCUT2D eigenvalue weighted by Crippen LogP contribution is -2.24. The highest BCUT2D eigenvalue weighted by atomic mass is 32.2. The summed E-state index contributed by atoms with van der Waals surface area (Å²) in [5, 5.41) is 19.7. The fourth-order valence-electron chi connectivity index (χ4n) is 3.74. The van der Waals surface area contributed by atoms with Gasteiger partial charge in [0.15, 0.2) is 11.9 Å². The van der Waals surface area contributed by atoms with Gasteiger partial charge in [0.1, 0.15) is 11.1 Å². The molecule has 2 heterocycles. The summed E-state index contributed by atoms with van der Waals surface area (Å²) in [5.74, 6) is 0.489. The summed E-state index contributed by atoms with van der Waals surface area (Å²) in [6, 6.07) is 13.4. The summed E-state index contributed by atoms with van der Waals surface area (Å²) < 4.78 is 71.2. The van der Waals surface area contributed by atoms with Gasteiger partial charge in [-0.3, -0.25) is 4.68 Å². The standard InChI is InChI=1S/C24H22F3N5O3S2/c1-23(2,3)32-18(12-20(30-32)24(25,26)27)15-8-10-16(11-9-15)35-21-13-36-22(31(21)14-28)17-6-4-5-7-19(17)37(29,33)34/h4-13,22H,1-3H3,(H2,29,33,34). The topological polar surface area (TPSA) is 114 Å². The second-order valence-corrected chi connectivity index (χ2v) is 11.6. The van der Waals surface area contributed by atoms with Crippen LogP contribution in [0.15, 0.2) is 70.8 Å². The van der Waals surface area contributed by atoms with E-state index in [9.17, 15) is 26.9 Å². The molecular weight excluding hydrogens is 527 g/mol. The minimum Gasteiger partial charge on any atom is -0.440 e. The summed E-state index contributed by atoms with van der Waals surface area (Å²) >= 11 is 1.17. The monoisotopic (exact) mass is 549 g/mol. The summed E-state index contributed by atoms with van der Waals surface area (Å²) in [7, 11) is -4.02. The van der Waals surface area contributed by atoms with Crippen molar-refractivity contribution in [2.45, 2.75) is 42.8 Å². The summed E-state index contributed by atoms with van der Waals surface area (Å²) in [6.07, 6.45) is -2.58. The van der Waals surface area contributed by atoms with Gasteiger partial charge in [0.05, 0.1) is 16.1 Å². The molecule has 1 aliphatic rings. The smallest absolute Gasteiger partial charge is 0.435 e. The number of sulfonamides is 1. The fourth-order valence-corrected chi connectivity index (χ4v) is 5.62. The van der Waals surface area contributed by atoms with E-state index in [-0.39, 0.29) is 10.8 Å². The van der Waals surface area contributed by atoms with Crippen LogP contribution >= 0.6 is 11.8 Å². The molecule has 0 spiro atoms. The lowest BCUT2D eigenvalue weighted by atomic mass is 10.1. The van der Waals surface area contributed by atoms with E-state index in [1.807, 2.05) is 6.19 Å². The third-order valence-electron chi connectivity index (χ3n) is 5.38. The van der Waals surface area contributed by atoms with E-state index < -0.39 is 32.8 Å². The average Bonchev–Trinajstić information content (AvgIpc) is 3.44. The van der Waals surface area contributed by atoms with Crippen LogP contribution in [-0.4, -0.2) is 23.1 Å². The lowest BCUT2D eigenvalue weighted by molar-refractivity contribution is -0.141. The van der Waals surface area contributed by atoms with Crippen molar-refractivity contribution in [1.29, 1.82) is 5.26 Å². The predicted molar refractivity (Wildman–Crippen MR) is 132 cm³/mol. The van der Waals surface area contributed by atoms with E-state index in [0.29, 0.717) is 22.6 Å². The Morgan fingerprint density at radius 3 is 2.32 bits per heavy atom. The van der Waals surface area contributed by atoms with Crippen LogP contribution in [0.3, 0.4) is 0 Å². The Labute approximate surface area is 216 Å². The second kappa shape index (κ2) is 9.44. The molecule has 0 aliphatic carbocycles. The van der Waals surface area contributed by atoms with Gasteiger partial charge in [-0.2, -0.15) is 23.5 Å². The number of aromatic nitrogens is 2. The Hall–Kier alpha value is -3.47. The molecule has 8 nitrogen and oxygen atoms in total. The van der Waals surface area contributed by atoms with Gasteiger partial charge in [-0.1, -0.05) is 30.0 Å². The Morgan fingerprint density at radius 1 is 1.11 bits per heavy atom. The van der Waals surface area contributed by atoms with Crippen LogP contribution in [0.2, 0.25) is 0 Å². The maximum absolute atomic E-state index is 13.3. The summed E-state index contributed by atoms with van der Waals surface area (Å²) in [6.45, 7) is 5.27. The Morgan fingerprint density at radius 2 is 1.76 bits per heavy atom. The molecular formula is C24H22F3N5O3S2. The highest BCUT2D eigenvalue weighted by Crippen LogP contribution is 2.44. The van der Waals surface area contributed by atoms with Crippen molar-refractivity contribution in [1.82, 2.24) is 14.7 Å². The Kier molecular flexibility index (Phi) is 6.78. The minimum absolute atomic E-state index is 0.0968. The number of primary sulfonamides is 1. The van der Waals surface area contributed by atoms with E-state index in [0.717, 1.165) is 6.07 Å². The molecule has 194 valence electrons. The lowest BCUT2D eigenvalue weighted by Gasteiger charge is -2.23. The van der Waals surface area contributed by atoms with E-state index in [1.165, 1.54) is 33.5 Å². The fraction of sp³-hybridized carbons (Fsp3) is 0.250. The first-order valence-corrected chi connectivity index (χ1v) is 13.3. The predicted octanol–water partition coefficient (Wildman–Crippen LogP) is 5.38. The van der Waals surface area contributed by atoms with Crippen molar-refractivity contribution in [2.24, 2.45) is 5.14 Å². The van der Waals surface area contributed by atoms with Crippen LogP contribution in [0.25, 0.3) is 11.3 Å². The molecule has 0 saturated carbocycles. The molecule has 2 N–H and O–H groups in total. The molecule has 0 bridgehead atoms. The highest BCUT2D eigenvalue weighted by Gasteiger charge is 2.37. The van der Waals surface area contributed by atoms with Crippen molar-refractivity contribution in [3.63, 3.8) is 0 Å². The molecule has 4 rings (SSSR count). The van der Waals surface area contributed by atoms with Gasteiger partial charge in [0, 0.05) is 16.5 Å². The number of nitrogens with two attached hydrogens (primary N) is 1. The maximum Gasteiger partial charge on any atom is 0.435 e. The van der Waals surface area contributed by atoms with Crippen LogP contribution in [0.1, 0.15) is 37.4 Å². The molecule has 0 radical (unpaired) electrons. The third-order valence-corrected chi connectivity index (χ3v) is 7.42. The second-order valence-electron chi connectivity index (χ2n) is 9.12. The third kappa shape index (κ3) is 5.46. The zero-order valence-corrected chi connectivity index (χ0v) is 21.5. The summed E-state index contributed by atoms with van der Waals surface area (Å²) in [5.41, 5.74) is -0.563. The first-order chi connectivity index (χ1) is 17.2. The molecule has 0 fully saturated rings. The molecule has 2 aromatic carbocycles. The van der Waals surface area contributed by atoms with Crippen LogP contribution in [-0.2, 0) is 21.7 Å². The van der Waals surface area contributed by atoms with Gasteiger partial charge in [0.2, 0.25) is 15.9 Å². The van der Waals surface area contributed by atoms with Gasteiger partial charge in [-0.05, 0) is 57.2 Å². The number of nitrogens with zero attached hydrogens (tertiary/aromatic N) is 4. The first-order valence-electron chi connectivity index (χ1n) is 10.8. The van der Waals surface area contributed by atoms with Crippen molar-refractivity contribution in [3.8, 4) is 23.2 Å². The van der Waals surface area contributed by atoms with Crippen LogP contribution in [0.4, 0.5) is 13.2 Å². The number of benzene rings is 2. The number of nitriles is 1. The van der Waals surface area contributed by atoms with E-state index >= 15 is 0 Å². The van der Waals surface area contributed by atoms with Crippen molar-refractivity contribution < 1.29 is 26.3 Å². The molecule has 1 unspecified atom stereocenters. The highest BCUT2D eigenvalue weighted by molar-refractivity contribution is 8.02. The van der Waals surface area contributed by atoms with Gasteiger partial charge in [0.25, 0.3) is 0 Å². The van der Waals surface area contributed by atoms with Gasteiger partial charge in [-0.25, -0.2) is 18.5 Å². The van der Waals surface area contributed by atoms with Gasteiger partial charge in [-0.15, -0.1) is 0 Å². The number of rotatable bonds is 5. The molecule has 1 aromatic heterocycles. The van der Waals surface area contributed by atoms with E-state index in [2.05, 4.69) is 5.10 Å². The SMILES string of the molecule is CC(C)(C)n1nc(C(F)(F)F)cc1-c1ccc(OC2=CSC(c3ccccc3S(N)(=O)=O)N2C#N)cc1. The number of hydrogen-bond acceptors (Lipinski definition) is 7. The van der Waals surface area contributed by atoms with Crippen molar-refractivity contribution in [3.05, 3.63) is 77.1 Å². The van der Waals surface area contributed by atoms with Crippen LogP contribution in [0.5, 0.6) is 5.75 Å². The number of hydrogen-bond donors (Lipinski definition) is 1. The normalized spacial score (nSPS) is 16.4. The summed E-state index contributed by atoms with van der Waals surface area (Å²) in [4.78, 5) is 1.12. The maximum atomic E-state index is 13.3. The van der Waals surface area contributed by atoms with E-state index in [4.69, 9.17) is 9.88 Å². The van der Waals surface area contributed by atoms with Crippen molar-refractivity contribution >= 4 is 21.8 Å². The molecule has 3 aromatic rings. The minimum atomic E-state index is -4.58. The Balaban J connectivity index is 1.59. The number of thioether (sulfide) groups is 1. The molecule has 1 atom stereocenters. The quantitative estimate of drug-likeness (QED) is 0.425. The molecule has 0 amide bonds. The average molecular weight is 550 g/mol. The largest absolute Gasteiger partial charge is 0.440 e. The zero-order chi connectivity index (χ0) is 27.2. The van der Waals surface area contributed by atoms with Crippen LogP contribution in [0, 0.1) is 11.5 Å². The zero-order valence-electron chi connectivity index (χ0n) is 19.9.